The third kappa shape index (κ3) is 6.17. The first-order chi connectivity index (χ1) is 18.1. The number of hydrogen-bond acceptors (Lipinski definition) is 8. The molecule has 2 fully saturated rings. The highest BCUT2D eigenvalue weighted by atomic mass is 16.5. The number of Topliss-reactive ketones (excluding diaryl/α,β-unsaturated/α-hetero) is 1. The number of methoxy groups -OCH3 is 1. The smallest absolute Gasteiger partial charge is 0.262 e. The lowest BCUT2D eigenvalue weighted by Crippen LogP contribution is -2.37. The molecule has 0 bridgehead atoms. The first kappa shape index (κ1) is 25.4. The van der Waals surface area contributed by atoms with E-state index in [4.69, 9.17) is 14.0 Å². The van der Waals surface area contributed by atoms with Gasteiger partial charge in [0, 0.05) is 38.0 Å². The highest BCUT2D eigenvalue weighted by Gasteiger charge is 2.22. The van der Waals surface area contributed by atoms with Gasteiger partial charge in [0.2, 0.25) is 11.7 Å². The van der Waals surface area contributed by atoms with Gasteiger partial charge >= 0.3 is 0 Å². The van der Waals surface area contributed by atoms with E-state index in [0.717, 1.165) is 51.3 Å². The second kappa shape index (κ2) is 11.8. The fourth-order valence-electron chi connectivity index (χ4n) is 5.26. The summed E-state index contributed by atoms with van der Waals surface area (Å²) in [6.07, 6.45) is 5.62. The molecule has 0 radical (unpaired) electrons. The van der Waals surface area contributed by atoms with Crippen molar-refractivity contribution in [1.29, 1.82) is 0 Å². The Morgan fingerprint density at radius 1 is 1.14 bits per heavy atom. The van der Waals surface area contributed by atoms with Gasteiger partial charge in [0.25, 0.3) is 5.56 Å². The quantitative estimate of drug-likeness (QED) is 0.411. The van der Waals surface area contributed by atoms with Crippen molar-refractivity contribution in [3.05, 3.63) is 52.6 Å². The van der Waals surface area contributed by atoms with Crippen molar-refractivity contribution in [1.82, 2.24) is 19.6 Å². The number of morpholine rings is 1. The third-order valence-electron chi connectivity index (χ3n) is 7.32. The molecule has 2 aliphatic rings. The Kier molecular flexibility index (Phi) is 8.11. The van der Waals surface area contributed by atoms with E-state index in [1.54, 1.807) is 17.7 Å². The van der Waals surface area contributed by atoms with E-state index in [-0.39, 0.29) is 23.7 Å². The molecule has 3 heterocycles. The maximum Gasteiger partial charge on any atom is 0.262 e. The number of nitrogens with zero attached hydrogens (tertiary/aromatic N) is 4. The van der Waals surface area contributed by atoms with E-state index in [9.17, 15) is 9.59 Å². The molecule has 0 amide bonds. The minimum absolute atomic E-state index is 0.0114. The van der Waals surface area contributed by atoms with Crippen molar-refractivity contribution in [2.45, 2.75) is 45.1 Å². The highest BCUT2D eigenvalue weighted by molar-refractivity contribution is 5.79. The first-order valence-electron chi connectivity index (χ1n) is 13.1. The van der Waals surface area contributed by atoms with E-state index in [1.165, 1.54) is 12.8 Å². The topological polar surface area (TPSA) is 99.7 Å². The van der Waals surface area contributed by atoms with Crippen LogP contribution in [0.5, 0.6) is 5.75 Å². The lowest BCUT2D eigenvalue weighted by atomic mass is 10.0. The summed E-state index contributed by atoms with van der Waals surface area (Å²) in [6.45, 7) is 4.03. The van der Waals surface area contributed by atoms with Gasteiger partial charge in [-0.05, 0) is 30.2 Å². The van der Waals surface area contributed by atoms with Crippen LogP contribution in [0.4, 0.5) is 0 Å². The van der Waals surface area contributed by atoms with E-state index in [2.05, 4.69) is 15.0 Å². The van der Waals surface area contributed by atoms with Crippen molar-refractivity contribution in [2.24, 2.45) is 5.92 Å². The summed E-state index contributed by atoms with van der Waals surface area (Å²) in [5.74, 6) is 1.89. The molecule has 0 spiro atoms. The zero-order chi connectivity index (χ0) is 25.6. The van der Waals surface area contributed by atoms with Crippen LogP contribution in [0.25, 0.3) is 22.6 Å². The van der Waals surface area contributed by atoms with Gasteiger partial charge in [-0.15, -0.1) is 0 Å². The number of ether oxygens (including phenoxy) is 2. The van der Waals surface area contributed by atoms with Gasteiger partial charge in [0.1, 0.15) is 5.75 Å². The second-order valence-electron chi connectivity index (χ2n) is 9.86. The zero-order valence-corrected chi connectivity index (χ0v) is 21.4. The minimum atomic E-state index is -0.305. The largest absolute Gasteiger partial charge is 0.497 e. The molecular formula is C28H34N4O5. The van der Waals surface area contributed by atoms with Crippen molar-refractivity contribution in [3.63, 3.8) is 0 Å². The van der Waals surface area contributed by atoms with Gasteiger partial charge in [0.15, 0.2) is 5.78 Å². The van der Waals surface area contributed by atoms with E-state index < -0.39 is 0 Å². The minimum Gasteiger partial charge on any atom is -0.497 e. The van der Waals surface area contributed by atoms with Crippen LogP contribution in [0.3, 0.4) is 0 Å². The third-order valence-corrected chi connectivity index (χ3v) is 7.32. The van der Waals surface area contributed by atoms with Crippen molar-refractivity contribution >= 4 is 5.78 Å². The summed E-state index contributed by atoms with van der Waals surface area (Å²) >= 11 is 0. The lowest BCUT2D eigenvalue weighted by Gasteiger charge is -2.25. The zero-order valence-electron chi connectivity index (χ0n) is 21.4. The number of pyridine rings is 1. The molecule has 1 aromatic carbocycles. The van der Waals surface area contributed by atoms with Gasteiger partial charge in [-0.2, -0.15) is 4.98 Å². The van der Waals surface area contributed by atoms with Crippen molar-refractivity contribution in [3.8, 4) is 28.4 Å². The summed E-state index contributed by atoms with van der Waals surface area (Å²) in [6, 6.07) is 11.1. The predicted octanol–water partition coefficient (Wildman–Crippen LogP) is 3.60. The van der Waals surface area contributed by atoms with Crippen LogP contribution in [0.1, 0.15) is 38.0 Å². The summed E-state index contributed by atoms with van der Waals surface area (Å²) in [5.41, 5.74) is 1.47. The molecule has 0 unspecified atom stereocenters. The van der Waals surface area contributed by atoms with Crippen LogP contribution >= 0.6 is 0 Å². The van der Waals surface area contributed by atoms with Crippen molar-refractivity contribution in [2.75, 3.05) is 40.0 Å². The standard InChI is InChI=1S/C28H34N4O5/c1-35-23-8-4-7-21(18-23)25-10-9-24(28(34)32(25)19-22(33)17-20-5-2-3-6-20)27-29-26(37-30-27)11-12-31-13-15-36-16-14-31/h4,7-10,18,20H,2-3,5-6,11-17,19H2,1H3. The fourth-order valence-corrected chi connectivity index (χ4v) is 5.26. The second-order valence-corrected chi connectivity index (χ2v) is 9.86. The van der Waals surface area contributed by atoms with E-state index >= 15 is 0 Å². The average molecular weight is 507 g/mol. The molecule has 37 heavy (non-hydrogen) atoms. The maximum absolute atomic E-state index is 13.7. The van der Waals surface area contributed by atoms with Crippen LogP contribution in [-0.2, 0) is 22.5 Å². The SMILES string of the molecule is COc1cccc(-c2ccc(-c3noc(CCN4CCOCC4)n3)c(=O)n2CC(=O)CC2CCCC2)c1. The number of benzene rings is 1. The molecule has 9 heteroatoms. The van der Waals surface area contributed by atoms with Gasteiger partial charge in [0.05, 0.1) is 38.1 Å². The van der Waals surface area contributed by atoms with Gasteiger partial charge in [-0.1, -0.05) is 43.0 Å². The van der Waals surface area contributed by atoms with Crippen LogP contribution in [0.15, 0.2) is 45.7 Å². The van der Waals surface area contributed by atoms with Crippen LogP contribution in [0, 0.1) is 5.92 Å². The molecule has 3 aromatic rings. The normalized spacial score (nSPS) is 16.8. The average Bonchev–Trinajstić information content (AvgIpc) is 3.61. The number of ketones is 1. The molecule has 1 saturated carbocycles. The summed E-state index contributed by atoms with van der Waals surface area (Å²) < 4.78 is 17.8. The molecule has 0 atom stereocenters. The van der Waals surface area contributed by atoms with E-state index in [0.29, 0.717) is 41.7 Å². The van der Waals surface area contributed by atoms with Gasteiger partial charge in [-0.25, -0.2) is 0 Å². The Balaban J connectivity index is 1.42. The monoisotopic (exact) mass is 506 g/mol. The predicted molar refractivity (Wildman–Crippen MR) is 139 cm³/mol. The Morgan fingerprint density at radius 3 is 2.73 bits per heavy atom. The Hall–Kier alpha value is -3.30. The summed E-state index contributed by atoms with van der Waals surface area (Å²) in [5, 5.41) is 4.10. The van der Waals surface area contributed by atoms with Crippen molar-refractivity contribution < 1.29 is 18.8 Å². The molecule has 9 nitrogen and oxygen atoms in total. The fraction of sp³-hybridized carbons (Fsp3) is 0.500. The molecule has 196 valence electrons. The van der Waals surface area contributed by atoms with Crippen LogP contribution in [-0.4, -0.2) is 65.3 Å². The summed E-state index contributed by atoms with van der Waals surface area (Å²) in [4.78, 5) is 33.6. The van der Waals surface area contributed by atoms with Gasteiger partial charge in [-0.3, -0.25) is 14.5 Å². The number of carbonyl (C=O) groups is 1. The molecule has 0 N–H and O–H groups in total. The molecule has 2 aromatic heterocycles. The number of hydrogen-bond donors (Lipinski definition) is 0. The van der Waals surface area contributed by atoms with E-state index in [1.807, 2.05) is 30.3 Å². The molecular weight excluding hydrogens is 472 g/mol. The molecule has 1 saturated heterocycles. The van der Waals surface area contributed by atoms with Gasteiger partial charge < -0.3 is 18.6 Å². The maximum atomic E-state index is 13.7. The highest BCUT2D eigenvalue weighted by Crippen LogP contribution is 2.29. The molecule has 5 rings (SSSR count). The van der Waals surface area contributed by atoms with Crippen LogP contribution in [0.2, 0.25) is 0 Å². The molecule has 1 aliphatic heterocycles. The first-order valence-corrected chi connectivity index (χ1v) is 13.1. The Labute approximate surface area is 216 Å². The number of carbonyl (C=O) groups excluding carboxylic acids is 1. The summed E-state index contributed by atoms with van der Waals surface area (Å²) in [7, 11) is 1.60. The molecule has 1 aliphatic carbocycles. The Bertz CT molecular complexity index is 1270. The number of rotatable bonds is 10. The number of aromatic nitrogens is 3. The van der Waals surface area contributed by atoms with Crippen LogP contribution < -0.4 is 10.3 Å². The lowest BCUT2D eigenvalue weighted by molar-refractivity contribution is -0.120. The Morgan fingerprint density at radius 2 is 1.95 bits per heavy atom.